The van der Waals surface area contributed by atoms with E-state index in [2.05, 4.69) is 15.3 Å². The highest BCUT2D eigenvalue weighted by molar-refractivity contribution is 6.32. The van der Waals surface area contributed by atoms with E-state index < -0.39 is 0 Å². The van der Waals surface area contributed by atoms with E-state index in [-0.39, 0.29) is 0 Å². The van der Waals surface area contributed by atoms with Crippen molar-refractivity contribution in [3.8, 4) is 5.75 Å². The zero-order chi connectivity index (χ0) is 13.0. The quantitative estimate of drug-likeness (QED) is 0.921. The summed E-state index contributed by atoms with van der Waals surface area (Å²) >= 11 is 6.00. The van der Waals surface area contributed by atoms with Gasteiger partial charge < -0.3 is 10.1 Å². The van der Waals surface area contributed by atoms with Crippen LogP contribution in [-0.2, 0) is 6.61 Å². The average molecular weight is 264 g/mol. The maximum Gasteiger partial charge on any atom is 0.168 e. The predicted octanol–water partition coefficient (Wildman–Crippen LogP) is 3.06. The number of nitrogens with zero attached hydrogens (tertiary/aromatic N) is 2. The fraction of sp³-hybridized carbons (Fsp3) is 0.231. The number of anilines is 1. The van der Waals surface area contributed by atoms with E-state index in [0.717, 1.165) is 11.5 Å². The van der Waals surface area contributed by atoms with Crippen molar-refractivity contribution in [2.24, 2.45) is 0 Å². The summed E-state index contributed by atoms with van der Waals surface area (Å²) in [6.45, 7) is 2.21. The Labute approximate surface area is 111 Å². The summed E-state index contributed by atoms with van der Waals surface area (Å²) in [6, 6.07) is 9.21. The standard InChI is InChI=1S/C13H14ClN3O/c1-9-7-12(15-2)17-13(16-9)8-18-11-6-4-3-5-10(11)14/h3-7H,8H2,1-2H3,(H,15,16,17). The molecule has 94 valence electrons. The van der Waals surface area contributed by atoms with Gasteiger partial charge in [0.05, 0.1) is 5.02 Å². The van der Waals surface area contributed by atoms with Gasteiger partial charge in [0.15, 0.2) is 5.82 Å². The molecule has 0 saturated heterocycles. The molecule has 0 saturated carbocycles. The lowest BCUT2D eigenvalue weighted by molar-refractivity contribution is 0.296. The molecule has 0 atom stereocenters. The van der Waals surface area contributed by atoms with Crippen LogP contribution in [0.15, 0.2) is 30.3 Å². The number of halogens is 1. The second-order valence-electron chi connectivity index (χ2n) is 3.78. The fourth-order valence-electron chi connectivity index (χ4n) is 1.53. The van der Waals surface area contributed by atoms with Gasteiger partial charge in [-0.25, -0.2) is 9.97 Å². The Kier molecular flexibility index (Phi) is 3.99. The Bertz CT molecular complexity index is 546. The third-order valence-electron chi connectivity index (χ3n) is 2.35. The van der Waals surface area contributed by atoms with Gasteiger partial charge in [-0.15, -0.1) is 0 Å². The topological polar surface area (TPSA) is 47.0 Å². The minimum atomic E-state index is 0.292. The molecule has 1 aromatic heterocycles. The second-order valence-corrected chi connectivity index (χ2v) is 4.19. The average Bonchev–Trinajstić information content (AvgIpc) is 2.37. The molecule has 0 fully saturated rings. The van der Waals surface area contributed by atoms with Crippen molar-refractivity contribution in [3.63, 3.8) is 0 Å². The summed E-state index contributed by atoms with van der Waals surface area (Å²) in [5, 5.41) is 3.57. The van der Waals surface area contributed by atoms with Gasteiger partial charge in [0.25, 0.3) is 0 Å². The lowest BCUT2D eigenvalue weighted by atomic mass is 10.3. The Balaban J connectivity index is 2.11. The highest BCUT2D eigenvalue weighted by Crippen LogP contribution is 2.23. The lowest BCUT2D eigenvalue weighted by Crippen LogP contribution is -2.05. The van der Waals surface area contributed by atoms with Crippen molar-refractivity contribution in [3.05, 3.63) is 46.9 Å². The molecule has 0 spiro atoms. The molecule has 1 heterocycles. The van der Waals surface area contributed by atoms with Gasteiger partial charge in [-0.2, -0.15) is 0 Å². The molecule has 0 aliphatic carbocycles. The van der Waals surface area contributed by atoms with Crippen LogP contribution in [-0.4, -0.2) is 17.0 Å². The number of aryl methyl sites for hydroxylation is 1. The number of hydrogen-bond donors (Lipinski definition) is 1. The summed E-state index contributed by atoms with van der Waals surface area (Å²) < 4.78 is 5.59. The van der Waals surface area contributed by atoms with Crippen molar-refractivity contribution in [1.82, 2.24) is 9.97 Å². The van der Waals surface area contributed by atoms with Crippen molar-refractivity contribution in [2.75, 3.05) is 12.4 Å². The van der Waals surface area contributed by atoms with Crippen LogP contribution in [0.3, 0.4) is 0 Å². The first-order valence-corrected chi connectivity index (χ1v) is 5.96. The molecular weight excluding hydrogens is 250 g/mol. The smallest absolute Gasteiger partial charge is 0.168 e. The Morgan fingerprint density at radius 2 is 2.06 bits per heavy atom. The van der Waals surface area contributed by atoms with Crippen LogP contribution in [0.25, 0.3) is 0 Å². The Morgan fingerprint density at radius 1 is 1.28 bits per heavy atom. The first-order valence-electron chi connectivity index (χ1n) is 5.58. The minimum Gasteiger partial charge on any atom is -0.484 e. The number of rotatable bonds is 4. The van der Waals surface area contributed by atoms with Gasteiger partial charge in [0, 0.05) is 18.8 Å². The van der Waals surface area contributed by atoms with Gasteiger partial charge >= 0.3 is 0 Å². The number of nitrogens with one attached hydrogen (secondary N) is 1. The van der Waals surface area contributed by atoms with Gasteiger partial charge in [-0.3, -0.25) is 0 Å². The predicted molar refractivity (Wildman–Crippen MR) is 72.1 cm³/mol. The first-order chi connectivity index (χ1) is 8.69. The van der Waals surface area contributed by atoms with E-state index in [0.29, 0.717) is 23.2 Å². The molecule has 1 aromatic carbocycles. The fourth-order valence-corrected chi connectivity index (χ4v) is 1.72. The van der Waals surface area contributed by atoms with E-state index in [9.17, 15) is 0 Å². The van der Waals surface area contributed by atoms with E-state index in [1.807, 2.05) is 38.2 Å². The molecule has 0 aliphatic heterocycles. The number of para-hydroxylation sites is 1. The molecular formula is C13H14ClN3O. The van der Waals surface area contributed by atoms with Gasteiger partial charge in [0.1, 0.15) is 18.2 Å². The molecule has 5 heteroatoms. The van der Waals surface area contributed by atoms with Crippen LogP contribution in [0.4, 0.5) is 5.82 Å². The number of hydrogen-bond acceptors (Lipinski definition) is 4. The lowest BCUT2D eigenvalue weighted by Gasteiger charge is -2.08. The van der Waals surface area contributed by atoms with Crippen LogP contribution in [0.2, 0.25) is 5.02 Å². The van der Waals surface area contributed by atoms with Gasteiger partial charge in [0.2, 0.25) is 0 Å². The zero-order valence-electron chi connectivity index (χ0n) is 10.3. The molecule has 2 rings (SSSR count). The maximum absolute atomic E-state index is 6.00. The largest absolute Gasteiger partial charge is 0.484 e. The molecule has 1 N–H and O–H groups in total. The van der Waals surface area contributed by atoms with Crippen LogP contribution in [0.1, 0.15) is 11.5 Å². The zero-order valence-corrected chi connectivity index (χ0v) is 11.0. The summed E-state index contributed by atoms with van der Waals surface area (Å²) in [4.78, 5) is 8.61. The van der Waals surface area contributed by atoms with Crippen LogP contribution < -0.4 is 10.1 Å². The summed E-state index contributed by atoms with van der Waals surface area (Å²) in [5.41, 5.74) is 0.895. The van der Waals surface area contributed by atoms with Crippen LogP contribution in [0.5, 0.6) is 5.75 Å². The highest BCUT2D eigenvalue weighted by atomic mass is 35.5. The van der Waals surface area contributed by atoms with E-state index in [1.54, 1.807) is 6.07 Å². The normalized spacial score (nSPS) is 10.2. The SMILES string of the molecule is CNc1cc(C)nc(COc2ccccc2Cl)n1. The molecule has 0 aliphatic rings. The molecule has 18 heavy (non-hydrogen) atoms. The first kappa shape index (κ1) is 12.6. The molecule has 0 amide bonds. The van der Waals surface area contributed by atoms with Crippen molar-refractivity contribution >= 4 is 17.4 Å². The molecule has 0 bridgehead atoms. The van der Waals surface area contributed by atoms with Gasteiger partial charge in [-0.1, -0.05) is 23.7 Å². The third kappa shape index (κ3) is 3.11. The molecule has 2 aromatic rings. The van der Waals surface area contributed by atoms with Crippen molar-refractivity contribution < 1.29 is 4.74 Å². The van der Waals surface area contributed by atoms with Gasteiger partial charge in [-0.05, 0) is 19.1 Å². The van der Waals surface area contributed by atoms with E-state index >= 15 is 0 Å². The highest BCUT2D eigenvalue weighted by Gasteiger charge is 2.04. The monoisotopic (exact) mass is 263 g/mol. The van der Waals surface area contributed by atoms with Crippen molar-refractivity contribution in [1.29, 1.82) is 0 Å². The maximum atomic E-state index is 6.00. The molecule has 0 radical (unpaired) electrons. The van der Waals surface area contributed by atoms with E-state index in [4.69, 9.17) is 16.3 Å². The number of aromatic nitrogens is 2. The van der Waals surface area contributed by atoms with Crippen LogP contribution in [0, 0.1) is 6.92 Å². The minimum absolute atomic E-state index is 0.292. The molecule has 4 nitrogen and oxygen atoms in total. The summed E-state index contributed by atoms with van der Waals surface area (Å²) in [5.74, 6) is 2.04. The summed E-state index contributed by atoms with van der Waals surface area (Å²) in [6.07, 6.45) is 0. The summed E-state index contributed by atoms with van der Waals surface area (Å²) in [7, 11) is 1.82. The Hall–Kier alpha value is -1.81. The number of ether oxygens (including phenoxy) is 1. The second kappa shape index (κ2) is 5.69. The van der Waals surface area contributed by atoms with Crippen molar-refractivity contribution in [2.45, 2.75) is 13.5 Å². The van der Waals surface area contributed by atoms with E-state index in [1.165, 1.54) is 0 Å². The van der Waals surface area contributed by atoms with Crippen LogP contribution >= 0.6 is 11.6 Å². The Morgan fingerprint density at radius 3 is 2.78 bits per heavy atom. The molecule has 0 unspecified atom stereocenters. The third-order valence-corrected chi connectivity index (χ3v) is 2.66. The number of benzene rings is 1.